The molecule has 0 aliphatic heterocycles. The molecule has 0 fully saturated rings. The minimum Gasteiger partial charge on any atom is -0.390 e. The maximum absolute atomic E-state index is 14.0. The third-order valence-electron chi connectivity index (χ3n) is 7.70. The van der Waals surface area contributed by atoms with Gasteiger partial charge >= 0.3 is 0 Å². The molecule has 0 radical (unpaired) electrons. The van der Waals surface area contributed by atoms with Gasteiger partial charge in [-0.05, 0) is 67.1 Å². The van der Waals surface area contributed by atoms with Crippen LogP contribution in [0.3, 0.4) is 0 Å². The van der Waals surface area contributed by atoms with Crippen LogP contribution < -0.4 is 10.6 Å². The van der Waals surface area contributed by atoms with Crippen LogP contribution in [0.4, 0.5) is 8.78 Å². The lowest BCUT2D eigenvalue weighted by Gasteiger charge is -2.31. The monoisotopic (exact) mass is 623 g/mol. The number of carbonyl (C=O) groups excluding carboxylic acids is 3. The summed E-state index contributed by atoms with van der Waals surface area (Å²) in [6, 6.07) is 15.5. The predicted octanol–water partition coefficient (Wildman–Crippen LogP) is 4.55. The third kappa shape index (κ3) is 9.92. The van der Waals surface area contributed by atoms with E-state index in [1.54, 1.807) is 24.0 Å². The van der Waals surface area contributed by atoms with Crippen LogP contribution in [0.15, 0.2) is 66.7 Å². The van der Waals surface area contributed by atoms with Gasteiger partial charge in [-0.25, -0.2) is 8.78 Å². The lowest BCUT2D eigenvalue weighted by molar-refractivity contribution is -0.131. The number of aliphatic hydroxyl groups is 2. The number of rotatable bonds is 15. The third-order valence-corrected chi connectivity index (χ3v) is 7.70. The van der Waals surface area contributed by atoms with Gasteiger partial charge < -0.3 is 25.7 Å². The molecular formula is C35H43F2N3O5. The lowest BCUT2D eigenvalue weighted by atomic mass is 9.90. The minimum atomic E-state index is -1.70. The molecule has 0 unspecified atom stereocenters. The molecule has 242 valence electrons. The highest BCUT2D eigenvalue weighted by molar-refractivity contribution is 6.00. The van der Waals surface area contributed by atoms with Gasteiger partial charge in [0.05, 0.1) is 18.1 Å². The zero-order valence-electron chi connectivity index (χ0n) is 26.2. The van der Waals surface area contributed by atoms with Gasteiger partial charge in [0.2, 0.25) is 5.91 Å². The van der Waals surface area contributed by atoms with Crippen LogP contribution in [0.25, 0.3) is 0 Å². The Labute approximate surface area is 263 Å². The summed E-state index contributed by atoms with van der Waals surface area (Å²) in [5.41, 5.74) is 2.01. The molecule has 4 N–H and O–H groups in total. The van der Waals surface area contributed by atoms with Gasteiger partial charge in [0.1, 0.15) is 17.7 Å². The van der Waals surface area contributed by atoms with Crippen molar-refractivity contribution in [2.24, 2.45) is 5.92 Å². The molecule has 0 aromatic heterocycles. The number of carbonyl (C=O) groups is 3. The van der Waals surface area contributed by atoms with E-state index in [0.29, 0.717) is 30.3 Å². The minimum absolute atomic E-state index is 0.126. The number of aliphatic hydroxyl groups excluding tert-OH is 2. The van der Waals surface area contributed by atoms with Gasteiger partial charge in [-0.2, -0.15) is 0 Å². The smallest absolute Gasteiger partial charge is 0.253 e. The number of amides is 3. The quantitative estimate of drug-likeness (QED) is 0.198. The first kappa shape index (κ1) is 35.3. The van der Waals surface area contributed by atoms with Crippen molar-refractivity contribution in [2.75, 3.05) is 13.1 Å². The Morgan fingerprint density at radius 3 is 2.07 bits per heavy atom. The fourth-order valence-electron chi connectivity index (χ4n) is 5.16. The van der Waals surface area contributed by atoms with Crippen molar-refractivity contribution in [1.29, 1.82) is 0 Å². The Morgan fingerprint density at radius 2 is 1.47 bits per heavy atom. The van der Waals surface area contributed by atoms with E-state index in [0.717, 1.165) is 30.5 Å². The molecule has 0 aliphatic carbocycles. The molecule has 3 rings (SSSR count). The van der Waals surface area contributed by atoms with Crippen molar-refractivity contribution in [1.82, 2.24) is 15.5 Å². The molecular weight excluding hydrogens is 580 g/mol. The Balaban J connectivity index is 1.86. The Bertz CT molecular complexity index is 1430. The number of hydrogen-bond donors (Lipinski definition) is 4. The molecule has 8 nitrogen and oxygen atoms in total. The summed E-state index contributed by atoms with van der Waals surface area (Å²) in [5.74, 6) is -4.19. The van der Waals surface area contributed by atoms with E-state index >= 15 is 0 Å². The van der Waals surface area contributed by atoms with Crippen LogP contribution in [0.2, 0.25) is 0 Å². The highest BCUT2D eigenvalue weighted by atomic mass is 19.1. The zero-order valence-corrected chi connectivity index (χ0v) is 26.2. The number of benzene rings is 3. The number of nitrogens with zero attached hydrogens (tertiary/aromatic N) is 1. The van der Waals surface area contributed by atoms with Crippen molar-refractivity contribution in [3.63, 3.8) is 0 Å². The summed E-state index contributed by atoms with van der Waals surface area (Å²) < 4.78 is 28.1. The summed E-state index contributed by atoms with van der Waals surface area (Å²) >= 11 is 0. The van der Waals surface area contributed by atoms with E-state index in [2.05, 4.69) is 10.6 Å². The van der Waals surface area contributed by atoms with Gasteiger partial charge in [0.15, 0.2) is 0 Å². The van der Waals surface area contributed by atoms with Crippen molar-refractivity contribution >= 4 is 17.7 Å². The molecule has 45 heavy (non-hydrogen) atoms. The molecule has 0 bridgehead atoms. The summed E-state index contributed by atoms with van der Waals surface area (Å²) in [4.78, 5) is 41.4. The molecule has 3 aromatic carbocycles. The second-order valence-corrected chi connectivity index (χ2v) is 11.4. The number of hydrogen-bond acceptors (Lipinski definition) is 5. The predicted molar refractivity (Wildman–Crippen MR) is 168 cm³/mol. The van der Waals surface area contributed by atoms with Crippen molar-refractivity contribution in [2.45, 2.75) is 71.8 Å². The molecule has 3 aromatic rings. The lowest BCUT2D eigenvalue weighted by Crippen LogP contribution is -2.53. The normalized spacial score (nSPS) is 13.8. The molecule has 3 amide bonds. The van der Waals surface area contributed by atoms with Crippen LogP contribution in [0.5, 0.6) is 0 Å². The largest absolute Gasteiger partial charge is 0.390 e. The van der Waals surface area contributed by atoms with Crippen LogP contribution in [0, 0.1) is 24.5 Å². The first-order valence-electron chi connectivity index (χ1n) is 15.3. The SMILES string of the molecule is CCCN(CCC)C(=O)c1ccc(C)c(C(=O)N[C@@H](Cc2cc(F)cc(F)c2)[C@@H](O)[C@H](O)[C@@H](C)C(=O)NCc2ccccc2)c1. The topological polar surface area (TPSA) is 119 Å². The number of halogens is 2. The zero-order chi connectivity index (χ0) is 33.1. The van der Waals surface area contributed by atoms with Gasteiger partial charge in [0, 0.05) is 36.8 Å². The fraction of sp³-hybridized carbons (Fsp3) is 0.400. The van der Waals surface area contributed by atoms with E-state index in [1.807, 2.05) is 44.2 Å². The van der Waals surface area contributed by atoms with Crippen molar-refractivity contribution in [3.05, 3.63) is 106 Å². The van der Waals surface area contributed by atoms with Gasteiger partial charge in [-0.3, -0.25) is 14.4 Å². The van der Waals surface area contributed by atoms with E-state index in [1.165, 1.54) is 13.0 Å². The maximum atomic E-state index is 14.0. The standard InChI is InChI=1S/C35H43F2N3O5/c1-5-14-40(15-6-2)35(45)26-13-12-22(3)29(19-26)34(44)39-30(18-25-16-27(36)20-28(37)17-25)32(42)31(41)23(4)33(43)38-21-24-10-8-7-9-11-24/h7-13,16-17,19-20,23,30-32,41-42H,5-6,14-15,18,21H2,1-4H3,(H,38,43)(H,39,44)/t23-,30+,31-,32-/m1/s1. The van der Waals surface area contributed by atoms with Crippen molar-refractivity contribution < 1.29 is 33.4 Å². The summed E-state index contributed by atoms with van der Waals surface area (Å²) in [6.45, 7) is 8.42. The Morgan fingerprint density at radius 1 is 0.844 bits per heavy atom. The molecule has 4 atom stereocenters. The first-order valence-corrected chi connectivity index (χ1v) is 15.3. The second-order valence-electron chi connectivity index (χ2n) is 11.4. The average Bonchev–Trinajstić information content (AvgIpc) is 3.02. The van der Waals surface area contributed by atoms with Gasteiger partial charge in [0.25, 0.3) is 11.8 Å². The highest BCUT2D eigenvalue weighted by Crippen LogP contribution is 2.19. The van der Waals surface area contributed by atoms with Crippen molar-refractivity contribution in [3.8, 4) is 0 Å². The van der Waals surface area contributed by atoms with Crippen LogP contribution >= 0.6 is 0 Å². The Hall–Kier alpha value is -4.15. The second kappa shape index (κ2) is 16.8. The molecule has 0 heterocycles. The highest BCUT2D eigenvalue weighted by Gasteiger charge is 2.35. The van der Waals surface area contributed by atoms with Crippen LogP contribution in [-0.2, 0) is 17.8 Å². The summed E-state index contributed by atoms with van der Waals surface area (Å²) in [6.07, 6.45) is -2.05. The maximum Gasteiger partial charge on any atom is 0.253 e. The molecule has 0 spiro atoms. The summed E-state index contributed by atoms with van der Waals surface area (Å²) in [7, 11) is 0. The molecule has 0 aliphatic rings. The molecule has 0 saturated heterocycles. The van der Waals surface area contributed by atoms with Crippen LogP contribution in [-0.4, -0.2) is 64.2 Å². The number of aryl methyl sites for hydroxylation is 1. The first-order chi connectivity index (χ1) is 21.4. The fourth-order valence-corrected chi connectivity index (χ4v) is 5.16. The van der Waals surface area contributed by atoms with E-state index in [4.69, 9.17) is 0 Å². The van der Waals surface area contributed by atoms with E-state index in [-0.39, 0.29) is 30.0 Å². The van der Waals surface area contributed by atoms with Gasteiger partial charge in [-0.1, -0.05) is 57.2 Å². The van der Waals surface area contributed by atoms with Crippen LogP contribution in [0.1, 0.15) is 71.0 Å². The molecule has 0 saturated carbocycles. The average molecular weight is 624 g/mol. The molecule has 10 heteroatoms. The Kier molecular flexibility index (Phi) is 13.2. The number of nitrogens with one attached hydrogen (secondary N) is 2. The van der Waals surface area contributed by atoms with Gasteiger partial charge in [-0.15, -0.1) is 0 Å². The summed E-state index contributed by atoms with van der Waals surface area (Å²) in [5, 5.41) is 27.8. The van der Waals surface area contributed by atoms with E-state index in [9.17, 15) is 33.4 Å². The van der Waals surface area contributed by atoms with E-state index < -0.39 is 47.6 Å².